The molecule has 136 valence electrons. The van der Waals surface area contributed by atoms with Crippen molar-refractivity contribution >= 4 is 17.5 Å². The molecule has 1 aromatic carbocycles. The molecule has 2 aliphatic heterocycles. The van der Waals surface area contributed by atoms with Crippen molar-refractivity contribution in [2.24, 2.45) is 5.92 Å². The van der Waals surface area contributed by atoms with Crippen LogP contribution in [0, 0.1) is 12.8 Å². The summed E-state index contributed by atoms with van der Waals surface area (Å²) in [6.07, 6.45) is 1.37. The van der Waals surface area contributed by atoms with Crippen LogP contribution in [0.4, 0.5) is 5.69 Å². The maximum Gasteiger partial charge on any atom is 0.265 e. The standard InChI is InChI=1S/C19H26N2O4/c1-4-14-10-20(8-7-19(14,3)24)17(22)11-21-15-9-13(2)5-6-16(15)25-12-18(21)23/h5-6,9,14,24H,4,7-8,10-12H2,1-3H3/t14-,19+/m0/s1. The number of nitrogens with zero attached hydrogens (tertiary/aromatic N) is 2. The molecular formula is C19H26N2O4. The number of carbonyl (C=O) groups is 2. The second-order valence-electron chi connectivity index (χ2n) is 7.29. The Morgan fingerprint density at radius 2 is 2.20 bits per heavy atom. The second kappa shape index (κ2) is 6.67. The first-order valence-corrected chi connectivity index (χ1v) is 8.86. The van der Waals surface area contributed by atoms with Crippen LogP contribution in [0.25, 0.3) is 0 Å². The van der Waals surface area contributed by atoms with Crippen molar-refractivity contribution in [1.82, 2.24) is 4.90 Å². The summed E-state index contributed by atoms with van der Waals surface area (Å²) in [6, 6.07) is 5.63. The zero-order chi connectivity index (χ0) is 18.2. The highest BCUT2D eigenvalue weighted by atomic mass is 16.5. The van der Waals surface area contributed by atoms with E-state index in [0.717, 1.165) is 12.0 Å². The summed E-state index contributed by atoms with van der Waals surface area (Å²) in [4.78, 5) is 28.4. The molecule has 1 aromatic rings. The summed E-state index contributed by atoms with van der Waals surface area (Å²) in [5.41, 5.74) is 0.930. The smallest absolute Gasteiger partial charge is 0.265 e. The van der Waals surface area contributed by atoms with Gasteiger partial charge in [0.25, 0.3) is 5.91 Å². The van der Waals surface area contributed by atoms with E-state index in [4.69, 9.17) is 4.74 Å². The molecule has 3 rings (SSSR count). The van der Waals surface area contributed by atoms with Crippen LogP contribution in [0.15, 0.2) is 18.2 Å². The van der Waals surface area contributed by atoms with Crippen LogP contribution < -0.4 is 9.64 Å². The molecule has 1 N–H and O–H groups in total. The minimum Gasteiger partial charge on any atom is -0.482 e. The molecule has 1 fully saturated rings. The van der Waals surface area contributed by atoms with E-state index in [2.05, 4.69) is 0 Å². The quantitative estimate of drug-likeness (QED) is 0.905. The van der Waals surface area contributed by atoms with E-state index in [1.807, 2.05) is 39.0 Å². The lowest BCUT2D eigenvalue weighted by atomic mass is 9.81. The maximum atomic E-state index is 12.8. The number of aryl methyl sites for hydroxylation is 1. The average Bonchev–Trinajstić information content (AvgIpc) is 2.57. The first-order valence-electron chi connectivity index (χ1n) is 8.86. The summed E-state index contributed by atoms with van der Waals surface area (Å²) in [7, 11) is 0. The Labute approximate surface area is 148 Å². The van der Waals surface area contributed by atoms with E-state index in [1.54, 1.807) is 4.90 Å². The van der Waals surface area contributed by atoms with Gasteiger partial charge in [-0.25, -0.2) is 0 Å². The predicted octanol–water partition coefficient (Wildman–Crippen LogP) is 1.73. The van der Waals surface area contributed by atoms with Crippen LogP contribution in [0.2, 0.25) is 0 Å². The van der Waals surface area contributed by atoms with E-state index in [1.165, 1.54) is 4.90 Å². The average molecular weight is 346 g/mol. The number of piperidine rings is 1. The van der Waals surface area contributed by atoms with Crippen molar-refractivity contribution in [2.75, 3.05) is 31.1 Å². The van der Waals surface area contributed by atoms with Gasteiger partial charge in [-0.15, -0.1) is 0 Å². The topological polar surface area (TPSA) is 70.1 Å². The van der Waals surface area contributed by atoms with Gasteiger partial charge < -0.3 is 14.7 Å². The number of hydrogen-bond acceptors (Lipinski definition) is 4. The molecular weight excluding hydrogens is 320 g/mol. The Balaban J connectivity index is 1.75. The van der Waals surface area contributed by atoms with Crippen LogP contribution >= 0.6 is 0 Å². The van der Waals surface area contributed by atoms with Gasteiger partial charge in [0.2, 0.25) is 5.91 Å². The van der Waals surface area contributed by atoms with E-state index < -0.39 is 5.60 Å². The zero-order valence-corrected chi connectivity index (χ0v) is 15.1. The highest BCUT2D eigenvalue weighted by Gasteiger charge is 2.38. The molecule has 0 aromatic heterocycles. The fourth-order valence-electron chi connectivity index (χ4n) is 3.64. The Hall–Kier alpha value is -2.08. The summed E-state index contributed by atoms with van der Waals surface area (Å²) in [6.45, 7) is 6.82. The molecule has 0 spiro atoms. The number of likely N-dealkylation sites (tertiary alicyclic amines) is 1. The monoisotopic (exact) mass is 346 g/mol. The Morgan fingerprint density at radius 1 is 1.44 bits per heavy atom. The fraction of sp³-hybridized carbons (Fsp3) is 0.579. The van der Waals surface area contributed by atoms with Crippen molar-refractivity contribution in [2.45, 2.75) is 39.2 Å². The SMILES string of the molecule is CC[C@H]1CN(C(=O)CN2C(=O)COc3ccc(C)cc32)CC[C@@]1(C)O. The summed E-state index contributed by atoms with van der Waals surface area (Å²) in [5.74, 6) is 0.394. The third kappa shape index (κ3) is 3.49. The van der Waals surface area contributed by atoms with Crippen molar-refractivity contribution in [3.8, 4) is 5.75 Å². The van der Waals surface area contributed by atoms with Gasteiger partial charge in [-0.1, -0.05) is 13.0 Å². The first kappa shape index (κ1) is 17.7. The van der Waals surface area contributed by atoms with Gasteiger partial charge in [0.1, 0.15) is 12.3 Å². The van der Waals surface area contributed by atoms with Gasteiger partial charge in [-0.05, 0) is 44.4 Å². The van der Waals surface area contributed by atoms with Crippen molar-refractivity contribution in [3.05, 3.63) is 23.8 Å². The van der Waals surface area contributed by atoms with Gasteiger partial charge >= 0.3 is 0 Å². The molecule has 6 heteroatoms. The van der Waals surface area contributed by atoms with Crippen LogP contribution in [-0.4, -0.2) is 53.7 Å². The largest absolute Gasteiger partial charge is 0.482 e. The van der Waals surface area contributed by atoms with Crippen LogP contribution in [-0.2, 0) is 9.59 Å². The summed E-state index contributed by atoms with van der Waals surface area (Å²) >= 11 is 0. The number of benzene rings is 1. The predicted molar refractivity (Wildman–Crippen MR) is 94.6 cm³/mol. The Kier molecular flexibility index (Phi) is 4.73. The third-order valence-corrected chi connectivity index (χ3v) is 5.40. The number of anilines is 1. The number of hydrogen-bond donors (Lipinski definition) is 1. The zero-order valence-electron chi connectivity index (χ0n) is 15.1. The molecule has 6 nitrogen and oxygen atoms in total. The lowest BCUT2D eigenvalue weighted by Gasteiger charge is -2.43. The minimum absolute atomic E-state index is 0.0111. The number of carbonyl (C=O) groups excluding carboxylic acids is 2. The number of fused-ring (bicyclic) bond motifs is 1. The number of aliphatic hydroxyl groups is 1. The van der Waals surface area contributed by atoms with Crippen LogP contribution in [0.3, 0.4) is 0 Å². The molecule has 0 unspecified atom stereocenters. The molecule has 0 radical (unpaired) electrons. The molecule has 2 amide bonds. The summed E-state index contributed by atoms with van der Waals surface area (Å²) < 4.78 is 5.46. The number of ether oxygens (including phenoxy) is 1. The Bertz CT molecular complexity index is 686. The first-order chi connectivity index (χ1) is 11.8. The highest BCUT2D eigenvalue weighted by molar-refractivity contribution is 6.02. The highest BCUT2D eigenvalue weighted by Crippen LogP contribution is 2.34. The van der Waals surface area contributed by atoms with Crippen molar-refractivity contribution in [3.63, 3.8) is 0 Å². The van der Waals surface area contributed by atoms with Crippen molar-refractivity contribution in [1.29, 1.82) is 0 Å². The van der Waals surface area contributed by atoms with Crippen LogP contribution in [0.1, 0.15) is 32.3 Å². The van der Waals surface area contributed by atoms with E-state index in [9.17, 15) is 14.7 Å². The van der Waals surface area contributed by atoms with E-state index in [0.29, 0.717) is 30.9 Å². The summed E-state index contributed by atoms with van der Waals surface area (Å²) in [5, 5.41) is 10.4. The normalized spacial score (nSPS) is 26.2. The van der Waals surface area contributed by atoms with E-state index in [-0.39, 0.29) is 30.9 Å². The number of amides is 2. The molecule has 0 saturated carbocycles. The maximum absolute atomic E-state index is 12.8. The van der Waals surface area contributed by atoms with Crippen LogP contribution in [0.5, 0.6) is 5.75 Å². The minimum atomic E-state index is -0.732. The van der Waals surface area contributed by atoms with Gasteiger partial charge in [-0.3, -0.25) is 14.5 Å². The molecule has 25 heavy (non-hydrogen) atoms. The molecule has 1 saturated heterocycles. The molecule has 2 atom stereocenters. The number of rotatable bonds is 3. The lowest BCUT2D eigenvalue weighted by Crippen LogP contribution is -2.54. The van der Waals surface area contributed by atoms with Crippen molar-refractivity contribution < 1.29 is 19.4 Å². The second-order valence-corrected chi connectivity index (χ2v) is 7.29. The van der Waals surface area contributed by atoms with Gasteiger partial charge in [0, 0.05) is 19.0 Å². The van der Waals surface area contributed by atoms with Gasteiger partial charge in [0.15, 0.2) is 6.61 Å². The van der Waals surface area contributed by atoms with Gasteiger partial charge in [-0.2, -0.15) is 0 Å². The van der Waals surface area contributed by atoms with E-state index >= 15 is 0 Å². The Morgan fingerprint density at radius 3 is 2.92 bits per heavy atom. The molecule has 2 heterocycles. The van der Waals surface area contributed by atoms with Gasteiger partial charge in [0.05, 0.1) is 11.3 Å². The third-order valence-electron chi connectivity index (χ3n) is 5.40. The molecule has 0 bridgehead atoms. The molecule has 0 aliphatic carbocycles. The molecule has 2 aliphatic rings. The lowest BCUT2D eigenvalue weighted by molar-refractivity contribution is -0.138. The fourth-order valence-corrected chi connectivity index (χ4v) is 3.64.